The van der Waals surface area contributed by atoms with Crippen LogP contribution in [0.1, 0.15) is 5.69 Å². The molecular weight excluding hydrogens is 172 g/mol. The third-order valence-electron chi connectivity index (χ3n) is 1.62. The molecule has 2 rings (SSSR count). The van der Waals surface area contributed by atoms with Gasteiger partial charge in [-0.15, -0.1) is 11.8 Å². The standard InChI is InChI=1S/C7H8N4S/c1-5-3-6(12-2)10-7-8-4-9-11(5)7/h3-4H,1-2H3. The molecule has 0 bridgehead atoms. The van der Waals surface area contributed by atoms with Gasteiger partial charge in [0.2, 0.25) is 0 Å². The van der Waals surface area contributed by atoms with E-state index in [4.69, 9.17) is 0 Å². The Kier molecular flexibility index (Phi) is 1.73. The van der Waals surface area contributed by atoms with E-state index in [-0.39, 0.29) is 0 Å². The molecule has 0 saturated heterocycles. The van der Waals surface area contributed by atoms with Crippen molar-refractivity contribution < 1.29 is 0 Å². The monoisotopic (exact) mass is 180 g/mol. The first kappa shape index (κ1) is 7.54. The fourth-order valence-electron chi connectivity index (χ4n) is 1.04. The molecule has 12 heavy (non-hydrogen) atoms. The summed E-state index contributed by atoms with van der Waals surface area (Å²) in [6.45, 7) is 1.99. The van der Waals surface area contributed by atoms with Crippen LogP contribution in [0.25, 0.3) is 5.78 Å². The molecule has 62 valence electrons. The van der Waals surface area contributed by atoms with Crippen LogP contribution in [0, 0.1) is 6.92 Å². The Hall–Kier alpha value is -1.10. The van der Waals surface area contributed by atoms with Crippen molar-refractivity contribution in [2.24, 2.45) is 0 Å². The van der Waals surface area contributed by atoms with Crippen molar-refractivity contribution >= 4 is 17.5 Å². The maximum absolute atomic E-state index is 4.27. The van der Waals surface area contributed by atoms with E-state index in [0.29, 0.717) is 5.78 Å². The lowest BCUT2D eigenvalue weighted by Crippen LogP contribution is -1.96. The SMILES string of the molecule is CSc1cc(C)n2ncnc2n1. The van der Waals surface area contributed by atoms with Crippen LogP contribution in [0.3, 0.4) is 0 Å². The topological polar surface area (TPSA) is 43.1 Å². The smallest absolute Gasteiger partial charge is 0.205 e. The Balaban J connectivity index is 2.75. The maximum Gasteiger partial charge on any atom is 0.253 e. The van der Waals surface area contributed by atoms with Crippen LogP contribution in [-0.4, -0.2) is 25.8 Å². The van der Waals surface area contributed by atoms with Gasteiger partial charge in [0.05, 0.1) is 0 Å². The highest BCUT2D eigenvalue weighted by Crippen LogP contribution is 2.13. The van der Waals surface area contributed by atoms with E-state index in [1.165, 1.54) is 6.33 Å². The average Bonchev–Trinajstić information content (AvgIpc) is 2.52. The summed E-state index contributed by atoms with van der Waals surface area (Å²) in [5.41, 5.74) is 1.06. The first-order valence-electron chi connectivity index (χ1n) is 3.52. The summed E-state index contributed by atoms with van der Waals surface area (Å²) in [7, 11) is 0. The molecule has 0 aliphatic heterocycles. The van der Waals surface area contributed by atoms with Gasteiger partial charge in [-0.1, -0.05) is 0 Å². The molecule has 0 atom stereocenters. The fourth-order valence-corrected chi connectivity index (χ4v) is 1.50. The van der Waals surface area contributed by atoms with Crippen molar-refractivity contribution in [2.45, 2.75) is 11.9 Å². The van der Waals surface area contributed by atoms with Crippen LogP contribution in [-0.2, 0) is 0 Å². The van der Waals surface area contributed by atoms with Crippen molar-refractivity contribution in [2.75, 3.05) is 6.26 Å². The zero-order chi connectivity index (χ0) is 8.55. The fraction of sp³-hybridized carbons (Fsp3) is 0.286. The molecule has 0 spiro atoms. The largest absolute Gasteiger partial charge is 0.253 e. The lowest BCUT2D eigenvalue weighted by atomic mass is 10.5. The van der Waals surface area contributed by atoms with Gasteiger partial charge in [0.25, 0.3) is 5.78 Å². The molecule has 0 saturated carbocycles. The van der Waals surface area contributed by atoms with Crippen molar-refractivity contribution in [1.29, 1.82) is 0 Å². The third kappa shape index (κ3) is 1.06. The quantitative estimate of drug-likeness (QED) is 0.488. The number of thioether (sulfide) groups is 1. The second-order valence-electron chi connectivity index (χ2n) is 2.41. The molecule has 0 unspecified atom stereocenters. The van der Waals surface area contributed by atoms with Gasteiger partial charge >= 0.3 is 0 Å². The van der Waals surface area contributed by atoms with Crippen molar-refractivity contribution in [1.82, 2.24) is 19.6 Å². The molecule has 4 nitrogen and oxygen atoms in total. The number of nitrogens with zero attached hydrogens (tertiary/aromatic N) is 4. The van der Waals surface area contributed by atoms with Gasteiger partial charge in [0, 0.05) is 5.69 Å². The molecular formula is C7H8N4S. The number of fused-ring (bicyclic) bond motifs is 1. The lowest BCUT2D eigenvalue weighted by molar-refractivity contribution is 0.871. The average molecular weight is 180 g/mol. The number of hydrogen-bond donors (Lipinski definition) is 0. The Labute approximate surface area is 74.0 Å². The zero-order valence-corrected chi connectivity index (χ0v) is 7.67. The molecule has 0 fully saturated rings. The van der Waals surface area contributed by atoms with Crippen LogP contribution in [0.2, 0.25) is 0 Å². The first-order chi connectivity index (χ1) is 5.81. The Bertz CT molecular complexity index is 409. The zero-order valence-electron chi connectivity index (χ0n) is 6.85. The Morgan fingerprint density at radius 1 is 1.50 bits per heavy atom. The molecule has 0 radical (unpaired) electrons. The van der Waals surface area contributed by atoms with E-state index < -0.39 is 0 Å². The molecule has 0 aromatic carbocycles. The molecule has 0 aliphatic carbocycles. The maximum atomic E-state index is 4.27. The molecule has 2 heterocycles. The normalized spacial score (nSPS) is 10.8. The Morgan fingerprint density at radius 2 is 2.33 bits per heavy atom. The van der Waals surface area contributed by atoms with Crippen molar-refractivity contribution in [3.63, 3.8) is 0 Å². The summed E-state index contributed by atoms with van der Waals surface area (Å²) >= 11 is 1.61. The summed E-state index contributed by atoms with van der Waals surface area (Å²) in [5.74, 6) is 0.666. The van der Waals surface area contributed by atoms with Gasteiger partial charge in [0.15, 0.2) is 0 Å². The lowest BCUT2D eigenvalue weighted by Gasteiger charge is -1.99. The number of hydrogen-bond acceptors (Lipinski definition) is 4. The van der Waals surface area contributed by atoms with E-state index in [2.05, 4.69) is 15.1 Å². The van der Waals surface area contributed by atoms with Gasteiger partial charge < -0.3 is 0 Å². The van der Waals surface area contributed by atoms with Crippen LogP contribution in [0.5, 0.6) is 0 Å². The van der Waals surface area contributed by atoms with Crippen molar-refractivity contribution in [3.8, 4) is 0 Å². The van der Waals surface area contributed by atoms with Crippen LogP contribution >= 0.6 is 11.8 Å². The van der Waals surface area contributed by atoms with E-state index >= 15 is 0 Å². The predicted octanol–water partition coefficient (Wildman–Crippen LogP) is 1.15. The highest BCUT2D eigenvalue weighted by molar-refractivity contribution is 7.98. The number of aromatic nitrogens is 4. The van der Waals surface area contributed by atoms with Crippen LogP contribution in [0.15, 0.2) is 17.4 Å². The predicted molar refractivity (Wildman–Crippen MR) is 47.3 cm³/mol. The summed E-state index contributed by atoms with van der Waals surface area (Å²) in [5, 5.41) is 5.01. The Morgan fingerprint density at radius 3 is 3.08 bits per heavy atom. The van der Waals surface area contributed by atoms with Crippen LogP contribution < -0.4 is 0 Å². The molecule has 2 aromatic rings. The van der Waals surface area contributed by atoms with Gasteiger partial charge in [-0.3, -0.25) is 0 Å². The van der Waals surface area contributed by atoms with E-state index in [1.807, 2.05) is 19.2 Å². The molecule has 0 N–H and O–H groups in total. The van der Waals surface area contributed by atoms with Gasteiger partial charge in [-0.05, 0) is 19.2 Å². The first-order valence-corrected chi connectivity index (χ1v) is 4.75. The molecule has 5 heteroatoms. The highest BCUT2D eigenvalue weighted by atomic mass is 32.2. The van der Waals surface area contributed by atoms with Crippen molar-refractivity contribution in [3.05, 3.63) is 18.1 Å². The summed E-state index contributed by atoms with van der Waals surface area (Å²) in [6, 6.07) is 1.99. The minimum absolute atomic E-state index is 0.666. The van der Waals surface area contributed by atoms with E-state index in [1.54, 1.807) is 16.3 Å². The van der Waals surface area contributed by atoms with Crippen LogP contribution in [0.4, 0.5) is 0 Å². The minimum Gasteiger partial charge on any atom is -0.205 e. The number of aryl methyl sites for hydroxylation is 1. The minimum atomic E-state index is 0.666. The van der Waals surface area contributed by atoms with Gasteiger partial charge in [-0.2, -0.15) is 10.1 Å². The molecule has 0 amide bonds. The van der Waals surface area contributed by atoms with E-state index in [9.17, 15) is 0 Å². The molecule has 2 aromatic heterocycles. The van der Waals surface area contributed by atoms with E-state index in [0.717, 1.165) is 10.7 Å². The third-order valence-corrected chi connectivity index (χ3v) is 2.24. The molecule has 0 aliphatic rings. The number of rotatable bonds is 1. The second-order valence-corrected chi connectivity index (χ2v) is 3.24. The second kappa shape index (κ2) is 2.75. The van der Waals surface area contributed by atoms with Gasteiger partial charge in [0.1, 0.15) is 11.4 Å². The summed E-state index contributed by atoms with van der Waals surface area (Å²) in [6.07, 6.45) is 3.51. The van der Waals surface area contributed by atoms with Gasteiger partial charge in [-0.25, -0.2) is 9.50 Å². The summed E-state index contributed by atoms with van der Waals surface area (Å²) < 4.78 is 1.72. The summed E-state index contributed by atoms with van der Waals surface area (Å²) in [4.78, 5) is 8.28. The highest BCUT2D eigenvalue weighted by Gasteiger charge is 2.01.